The number of aromatic nitrogens is 3. The third-order valence-corrected chi connectivity index (χ3v) is 5.88. The highest BCUT2D eigenvalue weighted by Gasteiger charge is 2.16. The molecule has 0 saturated heterocycles. The zero-order valence-electron chi connectivity index (χ0n) is 19.1. The van der Waals surface area contributed by atoms with E-state index in [-0.39, 0.29) is 34.2 Å². The lowest BCUT2D eigenvalue weighted by molar-refractivity contribution is -0.113. The molecule has 0 radical (unpaired) electrons. The van der Waals surface area contributed by atoms with Crippen LogP contribution in [0.5, 0.6) is 0 Å². The largest absolute Gasteiger partial charge is 0.467 e. The summed E-state index contributed by atoms with van der Waals surface area (Å²) in [6, 6.07) is 17.6. The van der Waals surface area contributed by atoms with Crippen LogP contribution in [0.4, 0.5) is 0 Å². The van der Waals surface area contributed by atoms with Gasteiger partial charge in [-0.05, 0) is 60.5 Å². The van der Waals surface area contributed by atoms with E-state index in [0.717, 1.165) is 11.1 Å². The Morgan fingerprint density at radius 3 is 2.72 bits per heavy atom. The first kappa shape index (κ1) is 23.0. The Hall–Kier alpha value is -4.74. The van der Waals surface area contributed by atoms with Gasteiger partial charge < -0.3 is 8.98 Å². The summed E-state index contributed by atoms with van der Waals surface area (Å²) < 4.78 is 8.51. The van der Waals surface area contributed by atoms with Gasteiger partial charge in [0.2, 0.25) is 0 Å². The quantitative estimate of drug-likeness (QED) is 0.273. The fraction of sp³-hybridized carbons (Fsp3) is 0.0741. The average Bonchev–Trinajstić information content (AvgIpc) is 3.39. The molecule has 0 atom stereocenters. The Balaban J connectivity index is 1.77. The first-order valence-electron chi connectivity index (χ1n) is 10.9. The van der Waals surface area contributed by atoms with E-state index in [1.165, 1.54) is 22.8 Å². The summed E-state index contributed by atoms with van der Waals surface area (Å²) in [6.45, 7) is 1.96. The van der Waals surface area contributed by atoms with Gasteiger partial charge in [0.25, 0.3) is 11.5 Å². The van der Waals surface area contributed by atoms with Crippen LogP contribution in [0.25, 0.3) is 22.8 Å². The Labute approximate surface area is 209 Å². The number of nitriles is 1. The van der Waals surface area contributed by atoms with Crippen LogP contribution in [0.2, 0.25) is 5.02 Å². The topological polar surface area (TPSA) is 106 Å². The zero-order valence-corrected chi connectivity index (χ0v) is 19.8. The molecule has 0 N–H and O–H groups in total. The molecule has 9 heteroatoms. The van der Waals surface area contributed by atoms with Crippen LogP contribution in [0, 0.1) is 18.3 Å². The van der Waals surface area contributed by atoms with Crippen LogP contribution in [0.15, 0.2) is 87.3 Å². The number of carbonyl (C=O) groups excluding carboxylic acids is 1. The molecule has 4 aromatic heterocycles. The summed E-state index contributed by atoms with van der Waals surface area (Å²) in [7, 11) is 0. The van der Waals surface area contributed by atoms with Crippen molar-refractivity contribution in [1.82, 2.24) is 14.0 Å². The van der Waals surface area contributed by atoms with Crippen molar-refractivity contribution < 1.29 is 9.21 Å². The average molecular weight is 496 g/mol. The van der Waals surface area contributed by atoms with E-state index < -0.39 is 5.91 Å². The summed E-state index contributed by atoms with van der Waals surface area (Å²) in [4.78, 5) is 35.1. The molecule has 5 rings (SSSR count). The highest BCUT2D eigenvalue weighted by atomic mass is 35.5. The maximum absolute atomic E-state index is 13.3. The van der Waals surface area contributed by atoms with Crippen LogP contribution in [-0.4, -0.2) is 19.9 Å². The van der Waals surface area contributed by atoms with E-state index in [2.05, 4.69) is 11.1 Å². The van der Waals surface area contributed by atoms with Crippen molar-refractivity contribution in [1.29, 1.82) is 5.26 Å². The molecule has 1 amide bonds. The van der Waals surface area contributed by atoms with Gasteiger partial charge in [-0.3, -0.25) is 14.0 Å². The Bertz CT molecular complexity index is 1820. The monoisotopic (exact) mass is 495 g/mol. The molecule has 36 heavy (non-hydrogen) atoms. The van der Waals surface area contributed by atoms with Gasteiger partial charge in [0.05, 0.1) is 23.8 Å². The second-order valence-electron chi connectivity index (χ2n) is 8.03. The minimum Gasteiger partial charge on any atom is -0.467 e. The van der Waals surface area contributed by atoms with E-state index >= 15 is 0 Å². The summed E-state index contributed by atoms with van der Waals surface area (Å²) >= 11 is 5.92. The van der Waals surface area contributed by atoms with Crippen LogP contribution in [-0.2, 0) is 11.3 Å². The van der Waals surface area contributed by atoms with Gasteiger partial charge in [0.1, 0.15) is 23.1 Å². The molecule has 1 aromatic carbocycles. The first-order chi connectivity index (χ1) is 17.4. The molecule has 176 valence electrons. The number of pyridine rings is 2. The third-order valence-electron chi connectivity index (χ3n) is 5.62. The van der Waals surface area contributed by atoms with Gasteiger partial charge >= 0.3 is 0 Å². The fourth-order valence-electron chi connectivity index (χ4n) is 3.88. The predicted octanol–water partition coefficient (Wildman–Crippen LogP) is 4.26. The SMILES string of the molecule is Cc1cccn2c(=O)c3cc(C#N)c(=NC(=O)C=Cc4ccc(Cl)cc4)n(Cc4ccco4)c3nc12. The van der Waals surface area contributed by atoms with E-state index in [1.807, 2.05) is 13.0 Å². The normalized spacial score (nSPS) is 12.0. The second kappa shape index (κ2) is 9.49. The second-order valence-corrected chi connectivity index (χ2v) is 8.47. The number of halogens is 1. The Kier molecular flexibility index (Phi) is 6.07. The number of rotatable bonds is 4. The first-order valence-corrected chi connectivity index (χ1v) is 11.3. The van der Waals surface area contributed by atoms with E-state index in [4.69, 9.17) is 21.0 Å². The molecule has 0 spiro atoms. The van der Waals surface area contributed by atoms with Crippen LogP contribution in [0.1, 0.15) is 22.5 Å². The minimum absolute atomic E-state index is 0.0637. The number of hydrogen-bond donors (Lipinski definition) is 0. The molecule has 0 saturated carbocycles. The van der Waals surface area contributed by atoms with Crippen molar-refractivity contribution in [3.8, 4) is 6.07 Å². The lowest BCUT2D eigenvalue weighted by atomic mass is 10.2. The smallest absolute Gasteiger partial charge is 0.271 e. The minimum atomic E-state index is -0.581. The number of nitrogens with zero attached hydrogens (tertiary/aromatic N) is 5. The van der Waals surface area contributed by atoms with Crippen molar-refractivity contribution in [2.45, 2.75) is 13.5 Å². The summed E-state index contributed by atoms with van der Waals surface area (Å²) in [5.41, 5.74) is 2.13. The van der Waals surface area contributed by atoms with Gasteiger partial charge in [-0.1, -0.05) is 29.8 Å². The zero-order chi connectivity index (χ0) is 25.2. The van der Waals surface area contributed by atoms with Crippen LogP contribution >= 0.6 is 11.6 Å². The lowest BCUT2D eigenvalue weighted by Gasteiger charge is -2.13. The number of aryl methyl sites for hydroxylation is 1. The number of hydrogen-bond acceptors (Lipinski definition) is 5. The molecule has 8 nitrogen and oxygen atoms in total. The number of furan rings is 1. The molecule has 0 aliphatic rings. The standard InChI is InChI=1S/C27H18ClN5O3/c1-17-4-2-12-32-24(17)31-26-22(27(32)35)14-19(15-29)25(33(26)16-21-5-3-13-36-21)30-23(34)11-8-18-6-9-20(28)10-7-18/h2-14H,16H2,1H3. The van der Waals surface area contributed by atoms with Crippen molar-refractivity contribution in [2.24, 2.45) is 4.99 Å². The lowest BCUT2D eigenvalue weighted by Crippen LogP contribution is -2.29. The number of carbonyl (C=O) groups is 1. The van der Waals surface area contributed by atoms with Gasteiger partial charge in [-0.25, -0.2) is 4.98 Å². The van der Waals surface area contributed by atoms with Crippen molar-refractivity contribution >= 4 is 40.3 Å². The number of benzene rings is 1. The van der Waals surface area contributed by atoms with Crippen LogP contribution < -0.4 is 11.0 Å². The molecule has 5 aromatic rings. The Morgan fingerprint density at radius 2 is 2.00 bits per heavy atom. The van der Waals surface area contributed by atoms with E-state index in [1.54, 1.807) is 59.3 Å². The van der Waals surface area contributed by atoms with Gasteiger partial charge in [-0.15, -0.1) is 0 Å². The summed E-state index contributed by atoms with van der Waals surface area (Å²) in [5.74, 6) is -0.0357. The number of fused-ring (bicyclic) bond motifs is 2. The van der Waals surface area contributed by atoms with Gasteiger partial charge in [-0.2, -0.15) is 10.3 Å². The molecule has 4 heterocycles. The molecular weight excluding hydrogens is 478 g/mol. The van der Waals surface area contributed by atoms with Gasteiger partial charge in [0, 0.05) is 17.3 Å². The predicted molar refractivity (Wildman–Crippen MR) is 135 cm³/mol. The van der Waals surface area contributed by atoms with Crippen molar-refractivity contribution in [3.05, 3.63) is 116 Å². The van der Waals surface area contributed by atoms with E-state index in [0.29, 0.717) is 16.4 Å². The van der Waals surface area contributed by atoms with Crippen molar-refractivity contribution in [3.63, 3.8) is 0 Å². The maximum Gasteiger partial charge on any atom is 0.271 e. The third kappa shape index (κ3) is 4.35. The molecular formula is C27H18ClN5O3. The van der Waals surface area contributed by atoms with Crippen molar-refractivity contribution in [2.75, 3.05) is 0 Å². The summed E-state index contributed by atoms with van der Waals surface area (Å²) in [5, 5.41) is 10.7. The summed E-state index contributed by atoms with van der Waals surface area (Å²) in [6.07, 6.45) is 6.06. The highest BCUT2D eigenvalue weighted by Crippen LogP contribution is 2.15. The Morgan fingerprint density at radius 1 is 1.19 bits per heavy atom. The highest BCUT2D eigenvalue weighted by molar-refractivity contribution is 6.30. The fourth-order valence-corrected chi connectivity index (χ4v) is 4.01. The molecule has 0 aliphatic carbocycles. The van der Waals surface area contributed by atoms with Gasteiger partial charge in [0.15, 0.2) is 5.49 Å². The van der Waals surface area contributed by atoms with E-state index in [9.17, 15) is 14.9 Å². The molecule has 0 aliphatic heterocycles. The molecule has 0 fully saturated rings. The molecule has 0 unspecified atom stereocenters. The number of amides is 1. The molecule has 0 bridgehead atoms. The van der Waals surface area contributed by atoms with Crippen LogP contribution in [0.3, 0.4) is 0 Å². The maximum atomic E-state index is 13.3.